The van der Waals surface area contributed by atoms with E-state index >= 15 is 0 Å². The fourth-order valence-corrected chi connectivity index (χ4v) is 10.0. The fourth-order valence-electron chi connectivity index (χ4n) is 8.87. The minimum absolute atomic E-state index is 0.403. The Morgan fingerprint density at radius 2 is 0.917 bits per heavy atom. The molecule has 1 heterocycles. The number of rotatable bonds is 2. The van der Waals surface area contributed by atoms with Crippen molar-refractivity contribution >= 4 is 42.3 Å². The van der Waals surface area contributed by atoms with Crippen LogP contribution in [0.2, 0.25) is 0 Å². The number of thiophene rings is 1. The lowest BCUT2D eigenvalue weighted by atomic mass is 9.69. The molecule has 0 atom stereocenters. The first-order valence-electron chi connectivity index (χ1n) is 16.7. The maximum absolute atomic E-state index is 2.48. The Hall–Kier alpha value is -5.76. The predicted molar refractivity (Wildman–Crippen MR) is 204 cm³/mol. The summed E-state index contributed by atoms with van der Waals surface area (Å²) in [4.78, 5) is 0. The predicted octanol–water partition coefficient (Wildman–Crippen LogP) is 12.9. The van der Waals surface area contributed by atoms with Crippen LogP contribution in [0, 0.1) is 0 Å². The van der Waals surface area contributed by atoms with Gasteiger partial charge in [-0.3, -0.25) is 0 Å². The van der Waals surface area contributed by atoms with Crippen molar-refractivity contribution in [1.82, 2.24) is 0 Å². The third kappa shape index (κ3) is 3.39. The Labute approximate surface area is 283 Å². The third-order valence-corrected chi connectivity index (χ3v) is 12.0. The van der Waals surface area contributed by atoms with E-state index in [2.05, 4.69) is 170 Å². The second-order valence-corrected chi connectivity index (χ2v) is 14.3. The van der Waals surface area contributed by atoms with Gasteiger partial charge in [-0.05, 0) is 102 Å². The molecule has 1 spiro atoms. The zero-order valence-corrected chi connectivity index (χ0v) is 26.9. The van der Waals surface area contributed by atoms with Gasteiger partial charge < -0.3 is 0 Å². The molecule has 1 heteroatoms. The summed E-state index contributed by atoms with van der Waals surface area (Å²) >= 11 is 1.88. The van der Waals surface area contributed by atoms with Crippen LogP contribution in [0.5, 0.6) is 0 Å². The van der Waals surface area contributed by atoms with E-state index in [1.54, 1.807) is 0 Å². The molecule has 2 aliphatic rings. The number of hydrogen-bond acceptors (Lipinski definition) is 1. The first-order chi connectivity index (χ1) is 23.8. The minimum atomic E-state index is -0.403. The van der Waals surface area contributed by atoms with Crippen LogP contribution in [-0.4, -0.2) is 0 Å². The van der Waals surface area contributed by atoms with Crippen LogP contribution in [0.4, 0.5) is 0 Å². The molecule has 222 valence electrons. The van der Waals surface area contributed by atoms with Crippen LogP contribution in [0.25, 0.3) is 75.5 Å². The normalized spacial score (nSPS) is 13.6. The van der Waals surface area contributed by atoms with Gasteiger partial charge in [0.15, 0.2) is 0 Å². The van der Waals surface area contributed by atoms with Crippen LogP contribution in [-0.2, 0) is 5.41 Å². The first-order valence-corrected chi connectivity index (χ1v) is 17.5. The lowest BCUT2D eigenvalue weighted by Crippen LogP contribution is -2.26. The maximum Gasteiger partial charge on any atom is 0.0731 e. The van der Waals surface area contributed by atoms with E-state index in [1.807, 2.05) is 11.3 Å². The average Bonchev–Trinajstić information content (AvgIpc) is 3.78. The second-order valence-electron chi connectivity index (χ2n) is 13.2. The molecule has 2 aliphatic carbocycles. The van der Waals surface area contributed by atoms with E-state index in [0.717, 1.165) is 0 Å². The molecule has 0 saturated carbocycles. The Bertz CT molecular complexity index is 2740. The van der Waals surface area contributed by atoms with Crippen molar-refractivity contribution < 1.29 is 0 Å². The summed E-state index contributed by atoms with van der Waals surface area (Å²) in [6, 6.07) is 63.7. The van der Waals surface area contributed by atoms with Crippen molar-refractivity contribution in [3.8, 4) is 44.5 Å². The van der Waals surface area contributed by atoms with Gasteiger partial charge in [0, 0.05) is 20.2 Å². The highest BCUT2D eigenvalue weighted by Crippen LogP contribution is 2.64. The molecule has 0 bridgehead atoms. The molecule has 0 N–H and O–H groups in total. The highest BCUT2D eigenvalue weighted by atomic mass is 32.1. The molecule has 0 radical (unpaired) electrons. The topological polar surface area (TPSA) is 0 Å². The van der Waals surface area contributed by atoms with Gasteiger partial charge in [0.05, 0.1) is 5.41 Å². The van der Waals surface area contributed by atoms with E-state index in [9.17, 15) is 0 Å². The molecule has 8 aromatic carbocycles. The summed E-state index contributed by atoms with van der Waals surface area (Å²) in [6.45, 7) is 0. The quantitative estimate of drug-likeness (QED) is 0.179. The molecule has 0 fully saturated rings. The molecular formula is C47H28S. The Morgan fingerprint density at radius 1 is 0.333 bits per heavy atom. The molecule has 11 rings (SSSR count). The number of hydrogen-bond donors (Lipinski definition) is 0. The van der Waals surface area contributed by atoms with Crippen LogP contribution < -0.4 is 0 Å². The van der Waals surface area contributed by atoms with Crippen LogP contribution in [0.1, 0.15) is 22.3 Å². The third-order valence-electron chi connectivity index (χ3n) is 10.9. The monoisotopic (exact) mass is 624 g/mol. The van der Waals surface area contributed by atoms with Gasteiger partial charge in [0.1, 0.15) is 0 Å². The second kappa shape index (κ2) is 9.64. The molecule has 9 aromatic rings. The Morgan fingerprint density at radius 3 is 1.73 bits per heavy atom. The van der Waals surface area contributed by atoms with Crippen molar-refractivity contribution in [2.75, 3.05) is 0 Å². The summed E-state index contributed by atoms with van der Waals surface area (Å²) in [6.07, 6.45) is 0. The number of benzene rings is 8. The summed E-state index contributed by atoms with van der Waals surface area (Å²) in [5, 5.41) is 5.28. The number of fused-ring (bicyclic) bond motifs is 15. The molecule has 0 saturated heterocycles. The largest absolute Gasteiger partial charge is 0.135 e. The zero-order chi connectivity index (χ0) is 31.4. The minimum Gasteiger partial charge on any atom is -0.135 e. The van der Waals surface area contributed by atoms with Crippen molar-refractivity contribution in [3.63, 3.8) is 0 Å². The van der Waals surface area contributed by atoms with Gasteiger partial charge in [-0.2, -0.15) is 0 Å². The van der Waals surface area contributed by atoms with Gasteiger partial charge in [0.25, 0.3) is 0 Å². The van der Waals surface area contributed by atoms with Crippen LogP contribution in [0.3, 0.4) is 0 Å². The Balaban J connectivity index is 1.18. The van der Waals surface area contributed by atoms with Crippen LogP contribution in [0.15, 0.2) is 170 Å². The van der Waals surface area contributed by atoms with Gasteiger partial charge in [-0.25, -0.2) is 0 Å². The Kier molecular flexibility index (Phi) is 5.29. The van der Waals surface area contributed by atoms with E-state index in [-0.39, 0.29) is 0 Å². The average molecular weight is 625 g/mol. The lowest BCUT2D eigenvalue weighted by Gasteiger charge is -2.31. The molecular weight excluding hydrogens is 597 g/mol. The van der Waals surface area contributed by atoms with Gasteiger partial charge in [0.2, 0.25) is 0 Å². The first kappa shape index (κ1) is 26.3. The molecule has 0 nitrogen and oxygen atoms in total. The van der Waals surface area contributed by atoms with E-state index in [1.165, 1.54) is 97.7 Å². The summed E-state index contributed by atoms with van der Waals surface area (Å²) < 4.78 is 2.68. The van der Waals surface area contributed by atoms with Gasteiger partial charge >= 0.3 is 0 Å². The van der Waals surface area contributed by atoms with Crippen molar-refractivity contribution in [2.24, 2.45) is 0 Å². The van der Waals surface area contributed by atoms with E-state index in [0.29, 0.717) is 0 Å². The zero-order valence-electron chi connectivity index (χ0n) is 26.1. The van der Waals surface area contributed by atoms with Gasteiger partial charge in [-0.15, -0.1) is 11.3 Å². The van der Waals surface area contributed by atoms with Gasteiger partial charge in [-0.1, -0.05) is 146 Å². The van der Waals surface area contributed by atoms with E-state index < -0.39 is 5.41 Å². The summed E-state index contributed by atoms with van der Waals surface area (Å²) in [5.41, 5.74) is 15.5. The van der Waals surface area contributed by atoms with Crippen molar-refractivity contribution in [2.45, 2.75) is 5.41 Å². The molecule has 1 aromatic heterocycles. The van der Waals surface area contributed by atoms with Crippen molar-refractivity contribution in [3.05, 3.63) is 192 Å². The molecule has 48 heavy (non-hydrogen) atoms. The molecule has 0 amide bonds. The lowest BCUT2D eigenvalue weighted by molar-refractivity contribution is 0.801. The maximum atomic E-state index is 2.48. The smallest absolute Gasteiger partial charge is 0.0731 e. The summed E-state index contributed by atoms with van der Waals surface area (Å²) in [7, 11) is 0. The van der Waals surface area contributed by atoms with E-state index in [4.69, 9.17) is 0 Å². The highest BCUT2D eigenvalue weighted by molar-refractivity contribution is 7.25. The fraction of sp³-hybridized carbons (Fsp3) is 0.0213. The molecule has 0 unspecified atom stereocenters. The summed E-state index contributed by atoms with van der Waals surface area (Å²) in [5.74, 6) is 0. The van der Waals surface area contributed by atoms with Crippen LogP contribution >= 0.6 is 11.3 Å². The molecule has 0 aliphatic heterocycles. The van der Waals surface area contributed by atoms with Crippen molar-refractivity contribution in [1.29, 1.82) is 0 Å². The SMILES string of the molecule is c1ccc(-c2ccc3c(c2)C2(c4ccccc4-c4ccccc42)c2c-3ccc3cc(-c4ccc5c(c4)sc4ccccc45)ccc23)cc1. The highest BCUT2D eigenvalue weighted by Gasteiger charge is 2.52. The standard InChI is InChI=1S/C47H28S/c1-2-10-29(11-3-1)31-19-23-37-40-25-21-33-26-30(32-20-24-39-38-14-6-9-17-44(38)48-45(39)28-32)18-22-34(33)46(40)47(43(37)27-31)41-15-7-4-12-35(41)36-13-5-8-16-42(36)47/h1-28H.